The number of rotatable bonds is 6. The summed E-state index contributed by atoms with van der Waals surface area (Å²) < 4.78 is 5.33. The number of thiophene rings is 1. The highest BCUT2D eigenvalue weighted by Gasteiger charge is 2.29. The Hall–Kier alpha value is -3.38. The Labute approximate surface area is 191 Å². The Morgan fingerprint density at radius 3 is 2.72 bits per heavy atom. The maximum Gasteiger partial charge on any atom is 0.291 e. The fourth-order valence-electron chi connectivity index (χ4n) is 4.29. The molecule has 0 fully saturated rings. The van der Waals surface area contributed by atoms with Crippen molar-refractivity contribution in [3.63, 3.8) is 0 Å². The number of hydrogen-bond acceptors (Lipinski definition) is 5. The van der Waals surface area contributed by atoms with Crippen LogP contribution in [0.4, 0.5) is 10.8 Å². The van der Waals surface area contributed by atoms with E-state index in [1.807, 2.05) is 30.5 Å². The zero-order chi connectivity index (χ0) is 21.9. The molecule has 0 bridgehead atoms. The van der Waals surface area contributed by atoms with Gasteiger partial charge in [0, 0.05) is 16.6 Å². The Bertz CT molecular complexity index is 1220. The number of anilines is 2. The summed E-state index contributed by atoms with van der Waals surface area (Å²) >= 11 is 1.69. The highest BCUT2D eigenvalue weighted by Crippen LogP contribution is 2.44. The first kappa shape index (κ1) is 20.5. The molecule has 5 nitrogen and oxygen atoms in total. The predicted octanol–water partition coefficient (Wildman–Crippen LogP) is 6.38. The van der Waals surface area contributed by atoms with E-state index in [-0.39, 0.29) is 11.9 Å². The van der Waals surface area contributed by atoms with Crippen molar-refractivity contribution in [2.75, 3.05) is 10.6 Å². The maximum atomic E-state index is 12.9. The number of amides is 1. The summed E-state index contributed by atoms with van der Waals surface area (Å²) in [4.78, 5) is 18.8. The van der Waals surface area contributed by atoms with Gasteiger partial charge in [0.2, 0.25) is 0 Å². The van der Waals surface area contributed by atoms with Gasteiger partial charge in [-0.25, -0.2) is 4.98 Å². The average molecular weight is 444 g/mol. The van der Waals surface area contributed by atoms with Crippen LogP contribution >= 0.6 is 11.3 Å². The molecule has 3 aromatic heterocycles. The lowest BCUT2D eigenvalue weighted by Gasteiger charge is -2.24. The second-order valence-corrected chi connectivity index (χ2v) is 9.20. The van der Waals surface area contributed by atoms with Crippen molar-refractivity contribution >= 4 is 28.1 Å². The Morgan fingerprint density at radius 1 is 1.09 bits per heavy atom. The van der Waals surface area contributed by atoms with Gasteiger partial charge in [0.25, 0.3) is 5.91 Å². The number of nitrogens with one attached hydrogen (secondary N) is 2. The third kappa shape index (κ3) is 4.18. The minimum Gasteiger partial charge on any atom is -0.459 e. The molecule has 0 saturated carbocycles. The zero-order valence-corrected chi connectivity index (χ0v) is 18.7. The molecule has 1 aliphatic rings. The molecular weight excluding hydrogens is 418 g/mol. The number of benzene rings is 1. The normalized spacial score (nSPS) is 13.9. The second-order valence-electron chi connectivity index (χ2n) is 8.09. The van der Waals surface area contributed by atoms with Gasteiger partial charge in [0.15, 0.2) is 5.76 Å². The van der Waals surface area contributed by atoms with E-state index in [4.69, 9.17) is 4.42 Å². The van der Waals surface area contributed by atoms with Gasteiger partial charge < -0.3 is 15.1 Å². The number of aromatic nitrogens is 1. The van der Waals surface area contributed by atoms with Crippen LogP contribution in [0.2, 0.25) is 0 Å². The lowest BCUT2D eigenvalue weighted by atomic mass is 9.89. The molecular formula is C26H25N3O2S. The lowest BCUT2D eigenvalue weighted by Crippen LogP contribution is -2.18. The first-order valence-corrected chi connectivity index (χ1v) is 11.7. The molecule has 3 heterocycles. The third-order valence-corrected chi connectivity index (χ3v) is 7.04. The molecule has 5 rings (SSSR count). The number of fused-ring (bicyclic) bond motifs is 1. The fraction of sp³-hybridized carbons (Fsp3) is 0.231. The predicted molar refractivity (Wildman–Crippen MR) is 129 cm³/mol. The zero-order valence-electron chi connectivity index (χ0n) is 17.9. The van der Waals surface area contributed by atoms with Crippen LogP contribution in [-0.4, -0.2) is 10.9 Å². The van der Waals surface area contributed by atoms with Crippen molar-refractivity contribution in [2.24, 2.45) is 0 Å². The molecule has 0 radical (unpaired) electrons. The van der Waals surface area contributed by atoms with Gasteiger partial charge >= 0.3 is 0 Å². The van der Waals surface area contributed by atoms with Gasteiger partial charge in [-0.15, -0.1) is 11.3 Å². The number of carbonyl (C=O) groups excluding carboxylic acids is 1. The molecule has 162 valence electrons. The quantitative estimate of drug-likeness (QED) is 0.363. The van der Waals surface area contributed by atoms with E-state index < -0.39 is 0 Å². The molecule has 4 aromatic rings. The van der Waals surface area contributed by atoms with E-state index in [1.54, 1.807) is 23.5 Å². The second kappa shape index (κ2) is 9.01. The Morgan fingerprint density at radius 2 is 1.94 bits per heavy atom. The smallest absolute Gasteiger partial charge is 0.291 e. The maximum absolute atomic E-state index is 12.9. The van der Waals surface area contributed by atoms with Crippen molar-refractivity contribution in [1.29, 1.82) is 0 Å². The summed E-state index contributed by atoms with van der Waals surface area (Å²) in [7, 11) is 0. The molecule has 0 unspecified atom stereocenters. The van der Waals surface area contributed by atoms with Crippen molar-refractivity contribution in [3.8, 4) is 0 Å². The molecule has 0 saturated heterocycles. The van der Waals surface area contributed by atoms with Gasteiger partial charge in [-0.1, -0.05) is 30.3 Å². The molecule has 1 aliphatic carbocycles. The Balaban J connectivity index is 1.61. The largest absolute Gasteiger partial charge is 0.459 e. The van der Waals surface area contributed by atoms with Gasteiger partial charge in [-0.05, 0) is 73.6 Å². The minimum absolute atomic E-state index is 0.129. The highest BCUT2D eigenvalue weighted by atomic mass is 32.1. The molecule has 1 amide bonds. The molecule has 32 heavy (non-hydrogen) atoms. The standard InChI is InChI=1S/C26H25N3O2S/c1-17-13-14-27-22(16-17)28-24(18-8-3-2-4-9-18)23-19-10-5-6-12-21(19)32-26(23)29-25(30)20-11-7-15-31-20/h2-4,7-9,11,13-16,24H,5-6,10,12H2,1H3,(H,27,28)(H,29,30)/t24-/m0/s1. The monoisotopic (exact) mass is 443 g/mol. The van der Waals surface area contributed by atoms with Crippen LogP contribution in [-0.2, 0) is 12.8 Å². The SMILES string of the molecule is Cc1ccnc(N[C@@H](c2ccccc2)c2c(NC(=O)c3ccco3)sc3c2CCCC3)c1. The summed E-state index contributed by atoms with van der Waals surface area (Å²) in [5.41, 5.74) is 4.77. The molecule has 0 aliphatic heterocycles. The van der Waals surface area contributed by atoms with E-state index >= 15 is 0 Å². The summed E-state index contributed by atoms with van der Waals surface area (Å²) in [5.74, 6) is 0.903. The number of nitrogens with zero attached hydrogens (tertiary/aromatic N) is 1. The van der Waals surface area contributed by atoms with Gasteiger partial charge in [0.1, 0.15) is 10.8 Å². The molecule has 1 atom stereocenters. The van der Waals surface area contributed by atoms with Gasteiger partial charge in [-0.3, -0.25) is 4.79 Å². The summed E-state index contributed by atoms with van der Waals surface area (Å²) in [6, 6.07) is 17.7. The molecule has 1 aromatic carbocycles. The number of furan rings is 1. The minimum atomic E-state index is -0.227. The van der Waals surface area contributed by atoms with Crippen LogP contribution in [0.15, 0.2) is 71.5 Å². The van der Waals surface area contributed by atoms with Gasteiger partial charge in [-0.2, -0.15) is 0 Å². The van der Waals surface area contributed by atoms with Crippen LogP contribution in [0, 0.1) is 6.92 Å². The number of hydrogen-bond donors (Lipinski definition) is 2. The summed E-state index contributed by atoms with van der Waals surface area (Å²) in [5, 5.41) is 7.68. The van der Waals surface area contributed by atoms with Crippen molar-refractivity contribution < 1.29 is 9.21 Å². The average Bonchev–Trinajstić information content (AvgIpc) is 3.46. The first-order valence-electron chi connectivity index (χ1n) is 10.9. The number of carbonyl (C=O) groups is 1. The summed E-state index contributed by atoms with van der Waals surface area (Å²) in [6.07, 6.45) is 7.75. The van der Waals surface area contributed by atoms with Crippen LogP contribution in [0.5, 0.6) is 0 Å². The van der Waals surface area contributed by atoms with E-state index in [0.717, 1.165) is 46.8 Å². The number of aryl methyl sites for hydroxylation is 2. The topological polar surface area (TPSA) is 67.2 Å². The third-order valence-electron chi connectivity index (χ3n) is 5.81. The molecule has 6 heteroatoms. The Kier molecular flexibility index (Phi) is 5.77. The van der Waals surface area contributed by atoms with E-state index in [9.17, 15) is 4.79 Å². The van der Waals surface area contributed by atoms with Crippen molar-refractivity contribution in [1.82, 2.24) is 4.98 Å². The number of pyridine rings is 1. The fourth-order valence-corrected chi connectivity index (χ4v) is 5.61. The first-order chi connectivity index (χ1) is 15.7. The van der Waals surface area contributed by atoms with Gasteiger partial charge in [0.05, 0.1) is 12.3 Å². The van der Waals surface area contributed by atoms with Crippen LogP contribution in [0.3, 0.4) is 0 Å². The van der Waals surface area contributed by atoms with Crippen LogP contribution in [0.1, 0.15) is 56.6 Å². The molecule has 2 N–H and O–H groups in total. The molecule has 0 spiro atoms. The van der Waals surface area contributed by atoms with Crippen LogP contribution in [0.25, 0.3) is 0 Å². The van der Waals surface area contributed by atoms with Crippen molar-refractivity contribution in [3.05, 3.63) is 99.9 Å². The van der Waals surface area contributed by atoms with E-state index in [1.165, 1.54) is 23.1 Å². The van der Waals surface area contributed by atoms with E-state index in [2.05, 4.69) is 40.7 Å². The summed E-state index contributed by atoms with van der Waals surface area (Å²) in [6.45, 7) is 2.06. The van der Waals surface area contributed by atoms with E-state index in [0.29, 0.717) is 5.76 Å². The van der Waals surface area contributed by atoms with Crippen LogP contribution < -0.4 is 10.6 Å². The highest BCUT2D eigenvalue weighted by molar-refractivity contribution is 7.16. The van der Waals surface area contributed by atoms with Crippen molar-refractivity contribution in [2.45, 2.75) is 38.6 Å². The lowest BCUT2D eigenvalue weighted by molar-refractivity contribution is 0.0997.